The molecule has 2 aliphatic rings. The number of pyridine rings is 1. The first-order chi connectivity index (χ1) is 15.0. The summed E-state index contributed by atoms with van der Waals surface area (Å²) in [6.45, 7) is 0.950. The van der Waals surface area contributed by atoms with Crippen LogP contribution in [0.3, 0.4) is 0 Å². The molecule has 0 spiro atoms. The van der Waals surface area contributed by atoms with Gasteiger partial charge in [0, 0.05) is 49.9 Å². The standard InChI is InChI=1S/C21H19F4N3O4/c1-21(25)2-3-27-8-11(6-21)28-9-13(17(29)18(30)16(28)20(27)32)19(31)26-7-12-14(23)4-10(22)5-15(12)24/h4-5,9,11,30H,2-3,6-8H2,1H3,(H,26,31)/t11-,21-/m0/s1. The Bertz CT molecular complexity index is 1170. The third kappa shape index (κ3) is 3.71. The molecule has 7 nitrogen and oxygen atoms in total. The van der Waals surface area contributed by atoms with Crippen molar-refractivity contribution in [3.63, 3.8) is 0 Å². The first-order valence-corrected chi connectivity index (χ1v) is 9.86. The number of aromatic nitrogens is 1. The van der Waals surface area contributed by atoms with Crippen molar-refractivity contribution in [3.8, 4) is 5.75 Å². The van der Waals surface area contributed by atoms with Gasteiger partial charge in [-0.05, 0) is 13.3 Å². The van der Waals surface area contributed by atoms with Crippen LogP contribution in [0.15, 0.2) is 23.1 Å². The van der Waals surface area contributed by atoms with E-state index in [1.807, 2.05) is 0 Å². The predicted molar refractivity (Wildman–Crippen MR) is 104 cm³/mol. The molecular weight excluding hydrogens is 434 g/mol. The molecule has 3 heterocycles. The Hall–Kier alpha value is -3.37. The van der Waals surface area contributed by atoms with Crippen molar-refractivity contribution in [1.29, 1.82) is 0 Å². The number of aromatic hydroxyl groups is 1. The molecule has 0 unspecified atom stereocenters. The molecule has 1 fully saturated rings. The maximum atomic E-state index is 14.8. The summed E-state index contributed by atoms with van der Waals surface area (Å²) in [7, 11) is 0. The maximum Gasteiger partial charge on any atom is 0.274 e. The molecule has 0 saturated carbocycles. The summed E-state index contributed by atoms with van der Waals surface area (Å²) in [5, 5.41) is 12.6. The number of nitrogens with zero attached hydrogens (tertiary/aromatic N) is 2. The molecule has 0 radical (unpaired) electrons. The van der Waals surface area contributed by atoms with Gasteiger partial charge < -0.3 is 19.9 Å². The number of carbonyl (C=O) groups is 2. The van der Waals surface area contributed by atoms with Crippen molar-refractivity contribution >= 4 is 11.8 Å². The van der Waals surface area contributed by atoms with Gasteiger partial charge in [-0.2, -0.15) is 0 Å². The smallest absolute Gasteiger partial charge is 0.274 e. The van der Waals surface area contributed by atoms with E-state index in [9.17, 15) is 37.1 Å². The molecule has 1 saturated heterocycles. The van der Waals surface area contributed by atoms with Gasteiger partial charge in [-0.3, -0.25) is 14.4 Å². The van der Waals surface area contributed by atoms with E-state index in [2.05, 4.69) is 5.32 Å². The van der Waals surface area contributed by atoms with Crippen LogP contribution in [0.2, 0.25) is 0 Å². The maximum absolute atomic E-state index is 14.8. The van der Waals surface area contributed by atoms with E-state index in [-0.39, 0.29) is 31.6 Å². The topological polar surface area (TPSA) is 91.6 Å². The second kappa shape index (κ2) is 7.64. The van der Waals surface area contributed by atoms with Crippen molar-refractivity contribution < 1.29 is 32.3 Å². The molecule has 32 heavy (non-hydrogen) atoms. The minimum absolute atomic E-state index is 0.0147. The van der Waals surface area contributed by atoms with Crippen molar-refractivity contribution in [2.24, 2.45) is 0 Å². The molecule has 2 aliphatic heterocycles. The molecule has 170 valence electrons. The van der Waals surface area contributed by atoms with E-state index in [0.29, 0.717) is 12.1 Å². The summed E-state index contributed by atoms with van der Waals surface area (Å²) in [6, 6.07) is 0.258. The van der Waals surface area contributed by atoms with Crippen LogP contribution in [0.5, 0.6) is 5.75 Å². The van der Waals surface area contributed by atoms with Crippen molar-refractivity contribution in [2.75, 3.05) is 13.1 Å². The number of fused-ring (bicyclic) bond motifs is 4. The van der Waals surface area contributed by atoms with Gasteiger partial charge in [0.05, 0.1) is 6.04 Å². The first-order valence-electron chi connectivity index (χ1n) is 9.86. The first kappa shape index (κ1) is 21.8. The number of carbonyl (C=O) groups excluding carboxylic acids is 2. The molecule has 0 aliphatic carbocycles. The fourth-order valence-electron chi connectivity index (χ4n) is 4.18. The van der Waals surface area contributed by atoms with Crippen LogP contribution in [0, 0.1) is 17.5 Å². The zero-order valence-corrected chi connectivity index (χ0v) is 16.9. The van der Waals surface area contributed by atoms with Crippen LogP contribution in [0.1, 0.15) is 52.2 Å². The number of rotatable bonds is 3. The van der Waals surface area contributed by atoms with Crippen molar-refractivity contribution in [3.05, 3.63) is 62.8 Å². The number of alkyl halides is 1. The lowest BCUT2D eigenvalue weighted by atomic mass is 9.96. The largest absolute Gasteiger partial charge is 0.503 e. The van der Waals surface area contributed by atoms with Gasteiger partial charge in [0.15, 0.2) is 11.4 Å². The van der Waals surface area contributed by atoms with Gasteiger partial charge >= 0.3 is 0 Å². The molecule has 4 rings (SSSR count). The van der Waals surface area contributed by atoms with E-state index in [1.54, 1.807) is 0 Å². The Balaban J connectivity index is 1.69. The van der Waals surface area contributed by atoms with Crippen molar-refractivity contribution in [1.82, 2.24) is 14.8 Å². The van der Waals surface area contributed by atoms with Gasteiger partial charge in [0.25, 0.3) is 11.8 Å². The number of nitrogens with one attached hydrogen (secondary N) is 1. The lowest BCUT2D eigenvalue weighted by Gasteiger charge is -2.34. The number of halogens is 4. The molecule has 2 amide bonds. The summed E-state index contributed by atoms with van der Waals surface area (Å²) in [5.74, 6) is -6.27. The Morgan fingerprint density at radius 3 is 2.56 bits per heavy atom. The molecule has 2 aromatic rings. The highest BCUT2D eigenvalue weighted by molar-refractivity contribution is 5.99. The highest BCUT2D eigenvalue weighted by Gasteiger charge is 2.42. The van der Waals surface area contributed by atoms with E-state index in [4.69, 9.17) is 0 Å². The van der Waals surface area contributed by atoms with Crippen LogP contribution in [0.4, 0.5) is 17.6 Å². The van der Waals surface area contributed by atoms with Crippen LogP contribution in [0.25, 0.3) is 0 Å². The lowest BCUT2D eigenvalue weighted by molar-refractivity contribution is 0.0677. The molecule has 11 heteroatoms. The van der Waals surface area contributed by atoms with E-state index in [0.717, 1.165) is 6.20 Å². The lowest BCUT2D eigenvalue weighted by Crippen LogP contribution is -2.44. The SMILES string of the molecule is C[C@]1(F)CCN2C[C@H](C1)n1cc(C(=O)NCc3c(F)cc(F)cc3F)c(=O)c(O)c1C2=O. The van der Waals surface area contributed by atoms with Gasteiger partial charge in [-0.1, -0.05) is 0 Å². The van der Waals surface area contributed by atoms with Gasteiger partial charge in [-0.25, -0.2) is 17.6 Å². The Morgan fingerprint density at radius 2 is 1.91 bits per heavy atom. The zero-order valence-electron chi connectivity index (χ0n) is 16.9. The van der Waals surface area contributed by atoms with Gasteiger partial charge in [0.2, 0.25) is 5.43 Å². The Labute approximate surface area is 179 Å². The predicted octanol–water partition coefficient (Wildman–Crippen LogP) is 2.42. The number of hydrogen-bond acceptors (Lipinski definition) is 4. The zero-order chi connectivity index (χ0) is 23.4. The van der Waals surface area contributed by atoms with E-state index < -0.39 is 69.8 Å². The fourth-order valence-corrected chi connectivity index (χ4v) is 4.18. The summed E-state index contributed by atoms with van der Waals surface area (Å²) in [5.41, 5.74) is -4.30. The van der Waals surface area contributed by atoms with Crippen LogP contribution >= 0.6 is 0 Å². The summed E-state index contributed by atoms with van der Waals surface area (Å²) < 4.78 is 56.7. The quantitative estimate of drug-likeness (QED) is 0.699. The van der Waals surface area contributed by atoms with Crippen LogP contribution in [-0.2, 0) is 6.54 Å². The fraction of sp³-hybridized carbons (Fsp3) is 0.381. The highest BCUT2D eigenvalue weighted by Crippen LogP contribution is 2.37. The minimum Gasteiger partial charge on any atom is -0.503 e. The minimum atomic E-state index is -1.61. The monoisotopic (exact) mass is 453 g/mol. The Kier molecular flexibility index (Phi) is 5.22. The van der Waals surface area contributed by atoms with Crippen LogP contribution < -0.4 is 10.7 Å². The second-order valence-corrected chi connectivity index (χ2v) is 8.28. The Morgan fingerprint density at radius 1 is 1.25 bits per heavy atom. The van der Waals surface area contributed by atoms with Crippen LogP contribution in [-0.4, -0.2) is 45.1 Å². The van der Waals surface area contributed by atoms with Gasteiger partial charge in [-0.15, -0.1) is 0 Å². The van der Waals surface area contributed by atoms with E-state index in [1.165, 1.54) is 16.4 Å². The molecular formula is C21H19F4N3O4. The number of amides is 2. The highest BCUT2D eigenvalue weighted by atomic mass is 19.2. The van der Waals surface area contributed by atoms with E-state index >= 15 is 0 Å². The van der Waals surface area contributed by atoms with Crippen molar-refractivity contribution in [2.45, 2.75) is 38.0 Å². The molecule has 2 bridgehead atoms. The normalized spacial score (nSPS) is 22.3. The third-order valence-corrected chi connectivity index (χ3v) is 5.87. The number of hydrogen-bond donors (Lipinski definition) is 2. The second-order valence-electron chi connectivity index (χ2n) is 8.28. The summed E-state index contributed by atoms with van der Waals surface area (Å²) in [6.07, 6.45) is 1.11. The summed E-state index contributed by atoms with van der Waals surface area (Å²) in [4.78, 5) is 39.3. The molecule has 1 aromatic carbocycles. The molecule has 2 atom stereocenters. The average Bonchev–Trinajstić information content (AvgIpc) is 2.84. The molecule has 2 N–H and O–H groups in total. The third-order valence-electron chi connectivity index (χ3n) is 5.87. The van der Waals surface area contributed by atoms with Gasteiger partial charge in [0.1, 0.15) is 28.7 Å². The average molecular weight is 453 g/mol. The summed E-state index contributed by atoms with van der Waals surface area (Å²) >= 11 is 0. The molecule has 1 aromatic heterocycles. The number of benzene rings is 1.